The molecule has 0 atom stereocenters. The second-order valence-corrected chi connectivity index (χ2v) is 6.95. The molecule has 1 heterocycles. The van der Waals surface area contributed by atoms with Crippen LogP contribution in [0.1, 0.15) is 22.3 Å². The fourth-order valence-corrected chi connectivity index (χ4v) is 3.70. The summed E-state index contributed by atoms with van der Waals surface area (Å²) in [7, 11) is 1.62. The van der Waals surface area contributed by atoms with Crippen LogP contribution in [-0.2, 0) is 0 Å². The molecule has 1 aliphatic heterocycles. The van der Waals surface area contributed by atoms with Crippen LogP contribution in [-0.4, -0.2) is 36.9 Å². The van der Waals surface area contributed by atoms with Crippen LogP contribution in [0.15, 0.2) is 53.5 Å². The summed E-state index contributed by atoms with van der Waals surface area (Å²) in [6, 6.07) is 15.4. The Kier molecular flexibility index (Phi) is 7.72. The van der Waals surface area contributed by atoms with Gasteiger partial charge >= 0.3 is 0 Å². The van der Waals surface area contributed by atoms with E-state index in [9.17, 15) is 4.79 Å². The maximum absolute atomic E-state index is 12.8. The number of hydrogen-bond donors (Lipinski definition) is 0. The van der Waals surface area contributed by atoms with Gasteiger partial charge in [0, 0.05) is 23.5 Å². The van der Waals surface area contributed by atoms with Gasteiger partial charge in [0.1, 0.15) is 5.75 Å². The summed E-state index contributed by atoms with van der Waals surface area (Å²) >= 11 is 1.72. The first-order valence-electron chi connectivity index (χ1n) is 8.36. The number of hydrogen-bond acceptors (Lipinski definition) is 5. The van der Waals surface area contributed by atoms with Gasteiger partial charge in [-0.05, 0) is 49.2 Å². The lowest BCUT2D eigenvalue weighted by atomic mass is 10.1. The minimum absolute atomic E-state index is 0. The number of amidine groups is 1. The summed E-state index contributed by atoms with van der Waals surface area (Å²) in [5.74, 6) is 1.86. The fraction of sp³-hybridized carbons (Fsp3) is 0.300. The monoisotopic (exact) mass is 434 g/mol. The van der Waals surface area contributed by atoms with Gasteiger partial charge in [0.2, 0.25) is 0 Å². The molecule has 3 rings (SSSR count). The highest BCUT2D eigenvalue weighted by molar-refractivity contribution is 8.93. The molecule has 0 aliphatic carbocycles. The van der Waals surface area contributed by atoms with Crippen molar-refractivity contribution in [2.45, 2.75) is 13.3 Å². The Morgan fingerprint density at radius 1 is 1.19 bits per heavy atom. The number of thioether (sulfide) groups is 1. The lowest BCUT2D eigenvalue weighted by Crippen LogP contribution is -2.36. The SMILES string of the molecule is Br.COc1ccc(C(=O)CN(C2=NCCCS2)c2ccccc2C)cc1. The van der Waals surface area contributed by atoms with E-state index in [1.165, 1.54) is 0 Å². The van der Waals surface area contributed by atoms with Crippen molar-refractivity contribution in [3.8, 4) is 5.75 Å². The highest BCUT2D eigenvalue weighted by atomic mass is 79.9. The highest BCUT2D eigenvalue weighted by Gasteiger charge is 2.21. The summed E-state index contributed by atoms with van der Waals surface area (Å²) in [5, 5.41) is 0.933. The predicted molar refractivity (Wildman–Crippen MR) is 116 cm³/mol. The normalized spacial score (nSPS) is 13.4. The molecule has 0 spiro atoms. The minimum atomic E-state index is 0. The van der Waals surface area contributed by atoms with E-state index >= 15 is 0 Å². The lowest BCUT2D eigenvalue weighted by molar-refractivity contribution is 0.100. The Hall–Kier alpha value is -1.79. The number of carbonyl (C=O) groups excluding carboxylic acids is 1. The average molecular weight is 435 g/mol. The van der Waals surface area contributed by atoms with Crippen molar-refractivity contribution in [1.82, 2.24) is 0 Å². The Labute approximate surface area is 169 Å². The number of aliphatic imine (C=N–C) groups is 1. The smallest absolute Gasteiger partial charge is 0.182 e. The van der Waals surface area contributed by atoms with Gasteiger partial charge in [0.25, 0.3) is 0 Å². The molecule has 2 aromatic carbocycles. The van der Waals surface area contributed by atoms with Gasteiger partial charge in [0.15, 0.2) is 11.0 Å². The van der Waals surface area contributed by atoms with E-state index in [0.717, 1.165) is 40.9 Å². The van der Waals surface area contributed by atoms with Gasteiger partial charge in [-0.3, -0.25) is 9.79 Å². The zero-order valence-electron chi connectivity index (χ0n) is 15.0. The van der Waals surface area contributed by atoms with E-state index in [0.29, 0.717) is 5.56 Å². The second kappa shape index (κ2) is 9.78. The molecule has 1 aliphatic rings. The summed E-state index contributed by atoms with van der Waals surface area (Å²) < 4.78 is 5.17. The van der Waals surface area contributed by atoms with Gasteiger partial charge in [-0.2, -0.15) is 0 Å². The molecule has 0 unspecified atom stereocenters. The number of aryl methyl sites for hydroxylation is 1. The maximum Gasteiger partial charge on any atom is 0.182 e. The molecule has 0 saturated heterocycles. The summed E-state index contributed by atoms with van der Waals surface area (Å²) in [6.07, 6.45) is 1.09. The van der Waals surface area contributed by atoms with Crippen molar-refractivity contribution in [2.24, 2.45) is 4.99 Å². The highest BCUT2D eigenvalue weighted by Crippen LogP contribution is 2.26. The van der Waals surface area contributed by atoms with Crippen molar-refractivity contribution < 1.29 is 9.53 Å². The Bertz CT molecular complexity index is 778. The molecule has 0 bridgehead atoms. The number of carbonyl (C=O) groups is 1. The summed E-state index contributed by atoms with van der Waals surface area (Å²) in [4.78, 5) is 19.5. The molecular formula is C20H23BrN2O2S. The molecule has 0 fully saturated rings. The number of nitrogens with zero attached hydrogens (tertiary/aromatic N) is 2. The molecule has 26 heavy (non-hydrogen) atoms. The van der Waals surface area contributed by atoms with E-state index < -0.39 is 0 Å². The number of ketones is 1. The van der Waals surface area contributed by atoms with Gasteiger partial charge in [-0.1, -0.05) is 30.0 Å². The molecular weight excluding hydrogens is 412 g/mol. The van der Waals surface area contributed by atoms with Crippen molar-refractivity contribution in [2.75, 3.05) is 30.9 Å². The maximum atomic E-state index is 12.8. The number of anilines is 1. The van der Waals surface area contributed by atoms with Crippen LogP contribution >= 0.6 is 28.7 Å². The topological polar surface area (TPSA) is 41.9 Å². The molecule has 0 aromatic heterocycles. The fourth-order valence-electron chi connectivity index (χ4n) is 2.75. The number of Topliss-reactive ketones (excluding diaryl/α,β-unsaturated/α-hetero) is 1. The summed E-state index contributed by atoms with van der Waals surface area (Å²) in [6.45, 7) is 3.17. The number of ether oxygens (including phenoxy) is 1. The van der Waals surface area contributed by atoms with Crippen molar-refractivity contribution in [3.05, 3.63) is 59.7 Å². The second-order valence-electron chi connectivity index (χ2n) is 5.89. The largest absolute Gasteiger partial charge is 0.497 e. The molecule has 6 heteroatoms. The third-order valence-electron chi connectivity index (χ3n) is 4.13. The number of methoxy groups -OCH3 is 1. The van der Waals surface area contributed by atoms with Crippen LogP contribution in [0.3, 0.4) is 0 Å². The van der Waals surface area contributed by atoms with Gasteiger partial charge in [0.05, 0.1) is 13.7 Å². The van der Waals surface area contributed by atoms with Gasteiger partial charge in [-0.25, -0.2) is 0 Å². The van der Waals surface area contributed by atoms with Crippen LogP contribution in [0, 0.1) is 6.92 Å². The van der Waals surface area contributed by atoms with Crippen LogP contribution in [0.2, 0.25) is 0 Å². The zero-order chi connectivity index (χ0) is 17.6. The Morgan fingerprint density at radius 3 is 2.54 bits per heavy atom. The first kappa shape index (κ1) is 20.5. The average Bonchev–Trinajstić information content (AvgIpc) is 2.67. The molecule has 0 amide bonds. The van der Waals surface area contributed by atoms with E-state index in [2.05, 4.69) is 18.0 Å². The third-order valence-corrected chi connectivity index (χ3v) is 5.23. The van der Waals surface area contributed by atoms with Crippen LogP contribution in [0.5, 0.6) is 5.75 Å². The zero-order valence-corrected chi connectivity index (χ0v) is 17.5. The third kappa shape index (κ3) is 4.89. The number of halogens is 1. The number of benzene rings is 2. The van der Waals surface area contributed by atoms with Crippen LogP contribution < -0.4 is 9.64 Å². The number of para-hydroxylation sites is 1. The predicted octanol–water partition coefficient (Wildman–Crippen LogP) is 4.76. The quantitative estimate of drug-likeness (QED) is 0.635. The van der Waals surface area contributed by atoms with E-state index in [-0.39, 0.29) is 29.3 Å². The van der Waals surface area contributed by atoms with Gasteiger partial charge in [-0.15, -0.1) is 17.0 Å². The van der Waals surface area contributed by atoms with Crippen molar-refractivity contribution >= 4 is 45.4 Å². The van der Waals surface area contributed by atoms with E-state index in [4.69, 9.17) is 4.74 Å². The molecule has 0 saturated carbocycles. The van der Waals surface area contributed by atoms with Crippen molar-refractivity contribution in [3.63, 3.8) is 0 Å². The first-order valence-corrected chi connectivity index (χ1v) is 9.35. The Balaban J connectivity index is 0.00000243. The van der Waals surface area contributed by atoms with Crippen LogP contribution in [0.25, 0.3) is 0 Å². The molecule has 0 N–H and O–H groups in total. The standard InChI is InChI=1S/C20H22N2O2S.BrH/c1-15-6-3-4-7-18(15)22(20-21-12-5-13-25-20)14-19(23)16-8-10-17(24-2)11-9-16;/h3-4,6-11H,5,12-14H2,1-2H3;1H. The number of rotatable bonds is 5. The Morgan fingerprint density at radius 2 is 1.92 bits per heavy atom. The first-order chi connectivity index (χ1) is 12.2. The van der Waals surface area contributed by atoms with Crippen molar-refractivity contribution in [1.29, 1.82) is 0 Å². The van der Waals surface area contributed by atoms with E-state index in [1.807, 2.05) is 47.4 Å². The van der Waals surface area contributed by atoms with E-state index in [1.54, 1.807) is 18.9 Å². The molecule has 138 valence electrons. The summed E-state index contributed by atoms with van der Waals surface area (Å²) in [5.41, 5.74) is 2.86. The van der Waals surface area contributed by atoms with Crippen LogP contribution in [0.4, 0.5) is 5.69 Å². The molecule has 0 radical (unpaired) electrons. The molecule has 4 nitrogen and oxygen atoms in total. The minimum Gasteiger partial charge on any atom is -0.497 e. The lowest BCUT2D eigenvalue weighted by Gasteiger charge is -2.28. The molecule has 2 aromatic rings. The van der Waals surface area contributed by atoms with Gasteiger partial charge < -0.3 is 9.64 Å².